The Hall–Kier alpha value is -3.12. The fourth-order valence-corrected chi connectivity index (χ4v) is 3.95. The minimum atomic E-state index is 1.13. The van der Waals surface area contributed by atoms with Gasteiger partial charge in [-0.1, -0.05) is 61.9 Å². The van der Waals surface area contributed by atoms with Gasteiger partial charge in [-0.3, -0.25) is 0 Å². The summed E-state index contributed by atoms with van der Waals surface area (Å²) in [7, 11) is 0. The Kier molecular flexibility index (Phi) is 3.90. The van der Waals surface area contributed by atoms with Crippen LogP contribution in [-0.4, -0.2) is 0 Å². The van der Waals surface area contributed by atoms with E-state index in [9.17, 15) is 0 Å². The molecule has 5 rings (SSSR count). The van der Waals surface area contributed by atoms with Crippen LogP contribution in [0.3, 0.4) is 0 Å². The fourth-order valence-electron chi connectivity index (χ4n) is 3.95. The van der Waals surface area contributed by atoms with E-state index in [1.807, 2.05) is 0 Å². The van der Waals surface area contributed by atoms with Crippen molar-refractivity contribution in [3.05, 3.63) is 90.5 Å². The van der Waals surface area contributed by atoms with Gasteiger partial charge in [0.25, 0.3) is 0 Å². The first-order chi connectivity index (χ1) is 13.3. The Morgan fingerprint density at radius 1 is 0.556 bits per heavy atom. The maximum Gasteiger partial charge on any atom is -0.0171 e. The van der Waals surface area contributed by atoms with Gasteiger partial charge in [0.1, 0.15) is 0 Å². The van der Waals surface area contributed by atoms with Gasteiger partial charge < -0.3 is 0 Å². The van der Waals surface area contributed by atoms with Crippen LogP contribution in [-0.2, 0) is 0 Å². The van der Waals surface area contributed by atoms with E-state index in [1.165, 1.54) is 55.1 Å². The summed E-state index contributed by atoms with van der Waals surface area (Å²) < 4.78 is 0. The molecule has 0 N–H and O–H groups in total. The van der Waals surface area contributed by atoms with Crippen LogP contribution in [0, 0.1) is 0 Å². The third-order valence-electron chi connectivity index (χ3n) is 5.41. The van der Waals surface area contributed by atoms with Crippen molar-refractivity contribution in [3.63, 3.8) is 0 Å². The molecule has 27 heavy (non-hydrogen) atoms. The van der Waals surface area contributed by atoms with Crippen molar-refractivity contribution >= 4 is 49.2 Å². The summed E-state index contributed by atoms with van der Waals surface area (Å²) in [5.74, 6) is 0. The van der Waals surface area contributed by atoms with Crippen LogP contribution in [0.1, 0.15) is 25.3 Å². The highest BCUT2D eigenvalue weighted by atomic mass is 14.1. The molecule has 0 bridgehead atoms. The average Bonchev–Trinajstić information content (AvgIpc) is 2.69. The Bertz CT molecular complexity index is 1320. The highest BCUT2D eigenvalue weighted by molar-refractivity contribution is 6.08. The minimum absolute atomic E-state index is 1.13. The van der Waals surface area contributed by atoms with E-state index in [0.717, 1.165) is 6.42 Å². The number of hydrogen-bond donors (Lipinski definition) is 0. The second-order valence-corrected chi connectivity index (χ2v) is 7.40. The lowest BCUT2D eigenvalue weighted by atomic mass is 9.97. The lowest BCUT2D eigenvalue weighted by Gasteiger charge is -2.08. The van der Waals surface area contributed by atoms with E-state index in [0.29, 0.717) is 0 Å². The predicted octanol–water partition coefficient (Wildman–Crippen LogP) is 8.11. The number of unbranched alkanes of at least 4 members (excludes halogenated alkanes) is 1. The van der Waals surface area contributed by atoms with Gasteiger partial charge in [0, 0.05) is 0 Å². The molecule has 130 valence electrons. The molecular formula is C27H22. The average molecular weight is 346 g/mol. The molecular weight excluding hydrogens is 324 g/mol. The molecule has 0 heterocycles. The van der Waals surface area contributed by atoms with E-state index in [2.05, 4.69) is 97.9 Å². The predicted molar refractivity (Wildman–Crippen MR) is 120 cm³/mol. The van der Waals surface area contributed by atoms with Crippen molar-refractivity contribution in [1.82, 2.24) is 0 Å². The van der Waals surface area contributed by atoms with Gasteiger partial charge in [-0.25, -0.2) is 0 Å². The number of fused-ring (bicyclic) bond motifs is 4. The molecule has 0 amide bonds. The molecule has 0 fully saturated rings. The first-order valence-electron chi connectivity index (χ1n) is 9.77. The monoisotopic (exact) mass is 346 g/mol. The minimum Gasteiger partial charge on any atom is -0.0840 e. The Morgan fingerprint density at radius 2 is 1.04 bits per heavy atom. The molecule has 0 saturated carbocycles. The zero-order chi connectivity index (χ0) is 18.2. The number of benzene rings is 5. The summed E-state index contributed by atoms with van der Waals surface area (Å²) in [6, 6.07) is 29.3. The number of rotatable bonds is 3. The fraction of sp³-hybridized carbons (Fsp3) is 0.111. The normalized spacial score (nSPS) is 12.0. The quantitative estimate of drug-likeness (QED) is 0.289. The molecule has 0 aliphatic rings. The molecule has 0 unspecified atom stereocenters. The Morgan fingerprint density at radius 3 is 1.59 bits per heavy atom. The van der Waals surface area contributed by atoms with Crippen LogP contribution in [0.25, 0.3) is 49.2 Å². The van der Waals surface area contributed by atoms with Crippen LogP contribution in [0.15, 0.2) is 84.9 Å². The Labute approximate surface area is 159 Å². The van der Waals surface area contributed by atoms with E-state index in [1.54, 1.807) is 0 Å². The van der Waals surface area contributed by atoms with Crippen LogP contribution >= 0.6 is 0 Å². The van der Waals surface area contributed by atoms with Gasteiger partial charge in [0.2, 0.25) is 0 Å². The summed E-state index contributed by atoms with van der Waals surface area (Å²) in [6.45, 7) is 2.21. The first kappa shape index (κ1) is 16.1. The maximum atomic E-state index is 2.33. The first-order valence-corrected chi connectivity index (χ1v) is 9.77. The van der Waals surface area contributed by atoms with Gasteiger partial charge >= 0.3 is 0 Å². The summed E-state index contributed by atoms with van der Waals surface area (Å²) in [4.78, 5) is 0. The molecule has 0 aliphatic heterocycles. The maximum absolute atomic E-state index is 2.33. The lowest BCUT2D eigenvalue weighted by Crippen LogP contribution is -1.81. The lowest BCUT2D eigenvalue weighted by molar-refractivity contribution is 0.962. The van der Waals surface area contributed by atoms with Gasteiger partial charge in [-0.15, -0.1) is 0 Å². The van der Waals surface area contributed by atoms with E-state index >= 15 is 0 Å². The summed E-state index contributed by atoms with van der Waals surface area (Å²) in [6.07, 6.45) is 6.83. The summed E-state index contributed by atoms with van der Waals surface area (Å²) in [5.41, 5.74) is 1.28. The molecule has 0 heteroatoms. The molecule has 0 saturated heterocycles. The molecule has 0 aliphatic carbocycles. The summed E-state index contributed by atoms with van der Waals surface area (Å²) >= 11 is 0. The van der Waals surface area contributed by atoms with Crippen LogP contribution in [0.4, 0.5) is 0 Å². The molecule has 0 atom stereocenters. The zero-order valence-electron chi connectivity index (χ0n) is 15.6. The molecule has 5 aromatic carbocycles. The largest absolute Gasteiger partial charge is 0.0840 e. The smallest absolute Gasteiger partial charge is 0.0171 e. The van der Waals surface area contributed by atoms with Gasteiger partial charge in [0.15, 0.2) is 0 Å². The molecule has 0 spiro atoms. The molecule has 0 nitrogen and oxygen atoms in total. The van der Waals surface area contributed by atoms with Crippen molar-refractivity contribution in [2.24, 2.45) is 0 Å². The Balaban J connectivity index is 1.70. The van der Waals surface area contributed by atoms with Crippen LogP contribution in [0.5, 0.6) is 0 Å². The highest BCUT2D eigenvalue weighted by Crippen LogP contribution is 2.30. The third kappa shape index (κ3) is 2.98. The van der Waals surface area contributed by atoms with E-state index in [-0.39, 0.29) is 0 Å². The molecule has 5 aromatic rings. The topological polar surface area (TPSA) is 0 Å². The van der Waals surface area contributed by atoms with Crippen molar-refractivity contribution in [2.75, 3.05) is 0 Å². The standard InChI is InChI=1S/C27H22/c1-2-3-4-7-19-10-11-22-15-26-17-24-13-20-8-5-6-9-21(20)14-25(24)18-27(26)16-23(22)12-19/h4-18H,2-3H2,1H3. The molecule has 0 radical (unpaired) electrons. The SMILES string of the molecule is CCCC=Cc1ccc2cc3cc4cc5ccccc5cc4cc3cc2c1. The van der Waals surface area contributed by atoms with Crippen molar-refractivity contribution < 1.29 is 0 Å². The third-order valence-corrected chi connectivity index (χ3v) is 5.41. The van der Waals surface area contributed by atoms with E-state index < -0.39 is 0 Å². The van der Waals surface area contributed by atoms with Crippen molar-refractivity contribution in [2.45, 2.75) is 19.8 Å². The van der Waals surface area contributed by atoms with Crippen molar-refractivity contribution in [3.8, 4) is 0 Å². The number of allylic oxidation sites excluding steroid dienone is 1. The van der Waals surface area contributed by atoms with Gasteiger partial charge in [-0.2, -0.15) is 0 Å². The second kappa shape index (κ2) is 6.55. The van der Waals surface area contributed by atoms with Crippen molar-refractivity contribution in [1.29, 1.82) is 0 Å². The molecule has 0 aromatic heterocycles. The zero-order valence-corrected chi connectivity index (χ0v) is 15.6. The van der Waals surface area contributed by atoms with Crippen LogP contribution < -0.4 is 0 Å². The summed E-state index contributed by atoms with van der Waals surface area (Å²) in [5, 5.41) is 10.4. The number of hydrogen-bond acceptors (Lipinski definition) is 0. The van der Waals surface area contributed by atoms with Gasteiger partial charge in [-0.05, 0) is 97.5 Å². The van der Waals surface area contributed by atoms with E-state index in [4.69, 9.17) is 0 Å². The van der Waals surface area contributed by atoms with Gasteiger partial charge in [0.05, 0.1) is 0 Å². The highest BCUT2D eigenvalue weighted by Gasteiger charge is 2.03. The van der Waals surface area contributed by atoms with Crippen LogP contribution in [0.2, 0.25) is 0 Å². The second-order valence-electron chi connectivity index (χ2n) is 7.40.